The van der Waals surface area contributed by atoms with E-state index in [9.17, 15) is 19.2 Å². The molecule has 1 aromatic heterocycles. The predicted molar refractivity (Wildman–Crippen MR) is 172 cm³/mol. The number of rotatable bonds is 7. The Morgan fingerprint density at radius 2 is 1.69 bits per heavy atom. The summed E-state index contributed by atoms with van der Waals surface area (Å²) in [6.45, 7) is 5.68. The number of allylic oxidation sites excluding steroid dienone is 2. The second-order valence-electron chi connectivity index (χ2n) is 12.2. The summed E-state index contributed by atoms with van der Waals surface area (Å²) in [5.74, 6) is -1.47. The van der Waals surface area contributed by atoms with E-state index in [4.69, 9.17) is 21.3 Å². The van der Waals surface area contributed by atoms with Crippen molar-refractivity contribution in [3.05, 3.63) is 106 Å². The largest absolute Gasteiger partial charge is 0.450 e. The second kappa shape index (κ2) is 11.1. The van der Waals surface area contributed by atoms with Crippen molar-refractivity contribution in [1.82, 2.24) is 4.98 Å². The molecule has 0 spiro atoms. The molecule has 0 N–H and O–H groups in total. The van der Waals surface area contributed by atoms with Crippen LogP contribution in [-0.4, -0.2) is 34.7 Å². The third kappa shape index (κ3) is 4.68. The normalized spacial score (nSPS) is 22.5. The number of carbonyl (C=O) groups is 4. The van der Waals surface area contributed by atoms with Gasteiger partial charge in [0.25, 0.3) is 0 Å². The molecule has 8 heteroatoms. The molecule has 2 aliphatic carbocycles. The van der Waals surface area contributed by atoms with Crippen LogP contribution < -0.4 is 4.90 Å². The van der Waals surface area contributed by atoms with Crippen LogP contribution in [0.5, 0.6) is 0 Å². The van der Waals surface area contributed by atoms with Gasteiger partial charge in [-0.3, -0.25) is 19.3 Å². The number of pyridine rings is 1. The number of Topliss-reactive ketones (excluding diaryl/α,β-unsaturated/α-hetero) is 1. The number of hydrogen-bond donors (Lipinski definition) is 0. The molecule has 45 heavy (non-hydrogen) atoms. The van der Waals surface area contributed by atoms with Crippen LogP contribution in [-0.2, 0) is 14.3 Å². The van der Waals surface area contributed by atoms with Crippen molar-refractivity contribution in [3.63, 3.8) is 0 Å². The van der Waals surface area contributed by atoms with Crippen LogP contribution >= 0.6 is 11.6 Å². The maximum absolute atomic E-state index is 13.7. The number of fused-ring (bicyclic) bond motifs is 6. The van der Waals surface area contributed by atoms with Crippen LogP contribution in [0.4, 0.5) is 5.69 Å². The molecule has 226 valence electrons. The minimum absolute atomic E-state index is 0.131. The van der Waals surface area contributed by atoms with Gasteiger partial charge in [-0.25, -0.2) is 9.78 Å². The van der Waals surface area contributed by atoms with Gasteiger partial charge < -0.3 is 4.74 Å². The van der Waals surface area contributed by atoms with Crippen molar-refractivity contribution in [2.75, 3.05) is 4.90 Å². The van der Waals surface area contributed by atoms with E-state index < -0.39 is 12.1 Å². The highest BCUT2D eigenvalue weighted by Crippen LogP contribution is 2.56. The Balaban J connectivity index is 1.21. The van der Waals surface area contributed by atoms with Crippen LogP contribution in [0.25, 0.3) is 22.2 Å². The first-order chi connectivity index (χ1) is 21.7. The van der Waals surface area contributed by atoms with Crippen molar-refractivity contribution in [1.29, 1.82) is 0 Å². The number of amides is 2. The van der Waals surface area contributed by atoms with Crippen LogP contribution in [0.2, 0.25) is 5.02 Å². The Bertz CT molecular complexity index is 1930. The quantitative estimate of drug-likeness (QED) is 0.0928. The summed E-state index contributed by atoms with van der Waals surface area (Å²) in [7, 11) is 0. The van der Waals surface area contributed by atoms with Gasteiger partial charge in [0.15, 0.2) is 6.10 Å². The van der Waals surface area contributed by atoms with Crippen LogP contribution in [0, 0.1) is 30.6 Å². The van der Waals surface area contributed by atoms with E-state index >= 15 is 0 Å². The van der Waals surface area contributed by atoms with Gasteiger partial charge >= 0.3 is 5.97 Å². The molecule has 7 rings (SSSR count). The smallest absolute Gasteiger partial charge is 0.339 e. The summed E-state index contributed by atoms with van der Waals surface area (Å²) in [5.41, 5.74) is 4.86. The van der Waals surface area contributed by atoms with E-state index in [0.717, 1.165) is 6.42 Å². The molecule has 2 amide bonds. The fourth-order valence-corrected chi connectivity index (χ4v) is 7.49. The zero-order valence-corrected chi connectivity index (χ0v) is 25.9. The number of aryl methyl sites for hydroxylation is 1. The summed E-state index contributed by atoms with van der Waals surface area (Å²) in [4.78, 5) is 59.9. The van der Waals surface area contributed by atoms with Crippen molar-refractivity contribution in [3.8, 4) is 11.3 Å². The lowest BCUT2D eigenvalue weighted by Gasteiger charge is -2.19. The highest BCUT2D eigenvalue weighted by Gasteiger charge is 2.60. The standard InChI is InChI=1S/C37H31ClN2O5/c1-4-30(34(41)22-8-6-5-7-9-22)45-37(44)27-18-29(39-33-20(3)28(38)15-14-25(27)33)21-10-12-24(13-11-21)40-35(42)31-23-16-19(2)26(17-23)32(31)36(40)43/h5-16,18,23,26,30-32H,4,17H2,1-3H3. The topological polar surface area (TPSA) is 93.6 Å². The first-order valence-electron chi connectivity index (χ1n) is 15.2. The Kier molecular flexibility index (Phi) is 7.16. The third-order valence-corrected chi connectivity index (χ3v) is 10.1. The number of ether oxygens (including phenoxy) is 1. The van der Waals surface area contributed by atoms with E-state index in [2.05, 4.69) is 13.0 Å². The van der Waals surface area contributed by atoms with Crippen molar-refractivity contribution >= 4 is 51.8 Å². The lowest BCUT2D eigenvalue weighted by Crippen LogP contribution is -2.32. The summed E-state index contributed by atoms with van der Waals surface area (Å²) in [6.07, 6.45) is 2.40. The molecule has 3 aliphatic rings. The number of esters is 1. The number of anilines is 1. The molecule has 5 atom stereocenters. The number of hydrogen-bond acceptors (Lipinski definition) is 6. The van der Waals surface area contributed by atoms with Crippen LogP contribution in [0.3, 0.4) is 0 Å². The van der Waals surface area contributed by atoms with Gasteiger partial charge in [0.05, 0.1) is 34.3 Å². The average Bonchev–Trinajstić information content (AvgIpc) is 3.70. The number of imide groups is 1. The van der Waals surface area contributed by atoms with Gasteiger partial charge in [0.2, 0.25) is 17.6 Å². The van der Waals surface area contributed by atoms with Gasteiger partial charge in [-0.1, -0.05) is 78.7 Å². The van der Waals surface area contributed by atoms with E-state index in [1.165, 1.54) is 10.5 Å². The highest BCUT2D eigenvalue weighted by atomic mass is 35.5. The molecule has 1 aliphatic heterocycles. The second-order valence-corrected chi connectivity index (χ2v) is 12.6. The van der Waals surface area contributed by atoms with Gasteiger partial charge in [-0.05, 0) is 68.4 Å². The number of halogens is 1. The maximum atomic E-state index is 13.7. The van der Waals surface area contributed by atoms with E-state index in [1.54, 1.807) is 73.7 Å². The minimum atomic E-state index is -0.955. The Morgan fingerprint density at radius 1 is 0.978 bits per heavy atom. The SMILES string of the molecule is CCC(OC(=O)c1cc(-c2ccc(N3C(=O)C4C5C=C(C)C(C5)C4C3=O)cc2)nc2c(C)c(Cl)ccc12)C(=O)c1ccccc1. The monoisotopic (exact) mass is 618 g/mol. The van der Waals surface area contributed by atoms with Crippen LogP contribution in [0.15, 0.2) is 84.4 Å². The van der Waals surface area contributed by atoms with Gasteiger partial charge in [-0.2, -0.15) is 0 Å². The first-order valence-corrected chi connectivity index (χ1v) is 15.6. The summed E-state index contributed by atoms with van der Waals surface area (Å²) >= 11 is 6.46. The molecular weight excluding hydrogens is 588 g/mol. The Hall–Kier alpha value is -4.62. The van der Waals surface area contributed by atoms with Crippen molar-refractivity contribution < 1.29 is 23.9 Å². The highest BCUT2D eigenvalue weighted by molar-refractivity contribution is 6.32. The molecule has 2 heterocycles. The van der Waals surface area contributed by atoms with Gasteiger partial charge in [0.1, 0.15) is 0 Å². The van der Waals surface area contributed by atoms with Gasteiger partial charge in [0, 0.05) is 21.5 Å². The van der Waals surface area contributed by atoms with E-state index in [1.807, 2.05) is 13.0 Å². The molecule has 1 saturated heterocycles. The first kappa shape index (κ1) is 29.1. The van der Waals surface area contributed by atoms with E-state index in [-0.39, 0.29) is 46.8 Å². The number of carbonyl (C=O) groups excluding carboxylic acids is 4. The van der Waals surface area contributed by atoms with Crippen molar-refractivity contribution in [2.45, 2.75) is 39.7 Å². The number of nitrogens with zero attached hydrogens (tertiary/aromatic N) is 2. The van der Waals surface area contributed by atoms with Crippen LogP contribution in [0.1, 0.15) is 53.0 Å². The molecule has 1 saturated carbocycles. The predicted octanol–water partition coefficient (Wildman–Crippen LogP) is 7.38. The molecule has 4 aromatic rings. The minimum Gasteiger partial charge on any atom is -0.450 e. The lowest BCUT2D eigenvalue weighted by molar-refractivity contribution is -0.123. The number of aromatic nitrogens is 1. The fraction of sp³-hybridized carbons (Fsp3) is 0.270. The lowest BCUT2D eigenvalue weighted by atomic mass is 9.82. The number of ketones is 1. The summed E-state index contributed by atoms with van der Waals surface area (Å²) in [6, 6.07) is 20.9. The fourth-order valence-electron chi connectivity index (χ4n) is 7.33. The summed E-state index contributed by atoms with van der Waals surface area (Å²) < 4.78 is 5.81. The molecular formula is C37H31ClN2O5. The maximum Gasteiger partial charge on any atom is 0.339 e. The average molecular weight is 619 g/mol. The molecule has 2 bridgehead atoms. The van der Waals surface area contributed by atoms with E-state index in [0.29, 0.717) is 50.4 Å². The van der Waals surface area contributed by atoms with Gasteiger partial charge in [-0.15, -0.1) is 0 Å². The third-order valence-electron chi connectivity index (χ3n) is 9.66. The molecule has 3 aromatic carbocycles. The number of benzene rings is 3. The molecule has 5 unspecified atom stereocenters. The zero-order valence-electron chi connectivity index (χ0n) is 25.1. The molecule has 7 nitrogen and oxygen atoms in total. The molecule has 0 radical (unpaired) electrons. The summed E-state index contributed by atoms with van der Waals surface area (Å²) in [5, 5.41) is 1.06. The van der Waals surface area contributed by atoms with Crippen molar-refractivity contribution in [2.24, 2.45) is 23.7 Å². The zero-order chi connectivity index (χ0) is 31.6. The Labute approximate surface area is 265 Å². The molecule has 2 fully saturated rings. The Morgan fingerprint density at radius 3 is 2.40 bits per heavy atom.